The summed E-state index contributed by atoms with van der Waals surface area (Å²) in [7, 11) is 0. The summed E-state index contributed by atoms with van der Waals surface area (Å²) < 4.78 is 14.1. The van der Waals surface area contributed by atoms with Crippen molar-refractivity contribution in [3.63, 3.8) is 0 Å². The third kappa shape index (κ3) is 3.21. The van der Waals surface area contributed by atoms with Gasteiger partial charge < -0.3 is 10.3 Å². The Labute approximate surface area is 129 Å². The molecule has 0 radical (unpaired) electrons. The average Bonchev–Trinajstić information content (AvgIpc) is 2.84. The van der Waals surface area contributed by atoms with Crippen LogP contribution in [0.25, 0.3) is 11.0 Å². The van der Waals surface area contributed by atoms with Crippen molar-refractivity contribution < 1.29 is 4.39 Å². The van der Waals surface area contributed by atoms with Gasteiger partial charge in [-0.2, -0.15) is 0 Å². The first-order valence-electron chi connectivity index (χ1n) is 6.62. The number of aromatic nitrogens is 3. The summed E-state index contributed by atoms with van der Waals surface area (Å²) >= 11 is 3.42. The minimum absolute atomic E-state index is 0.259. The molecule has 2 heterocycles. The largest absolute Gasteiger partial charge is 0.370 e. The van der Waals surface area contributed by atoms with E-state index in [1.165, 1.54) is 12.1 Å². The smallest absolute Gasteiger partial charge is 0.126 e. The fraction of sp³-hybridized carbons (Fsp3) is 0.200. The van der Waals surface area contributed by atoms with Crippen molar-refractivity contribution in [3.05, 3.63) is 52.1 Å². The zero-order chi connectivity index (χ0) is 14.8. The van der Waals surface area contributed by atoms with Gasteiger partial charge in [-0.1, -0.05) is 0 Å². The van der Waals surface area contributed by atoms with E-state index < -0.39 is 0 Å². The third-order valence-corrected chi connectivity index (χ3v) is 4.04. The lowest BCUT2D eigenvalue weighted by atomic mass is 10.3. The zero-order valence-corrected chi connectivity index (χ0v) is 13.0. The van der Waals surface area contributed by atoms with E-state index in [1.54, 1.807) is 12.3 Å². The second kappa shape index (κ2) is 5.81. The van der Waals surface area contributed by atoms with Gasteiger partial charge in [0.2, 0.25) is 0 Å². The Balaban J connectivity index is 1.64. The topological polar surface area (TPSA) is 53.6 Å². The molecule has 0 unspecified atom stereocenters. The Bertz CT molecular complexity index is 784. The molecule has 0 amide bonds. The fourth-order valence-electron chi connectivity index (χ4n) is 2.10. The molecule has 2 N–H and O–H groups in total. The molecule has 21 heavy (non-hydrogen) atoms. The molecular formula is C15H14BrFN4. The molecule has 0 atom stereocenters. The number of rotatable bonds is 4. The first kappa shape index (κ1) is 14.0. The van der Waals surface area contributed by atoms with Crippen LogP contribution in [0.2, 0.25) is 0 Å². The van der Waals surface area contributed by atoms with Crippen molar-refractivity contribution in [1.29, 1.82) is 0 Å². The van der Waals surface area contributed by atoms with Gasteiger partial charge in [-0.05, 0) is 52.7 Å². The van der Waals surface area contributed by atoms with Crippen LogP contribution in [-0.4, -0.2) is 21.5 Å². The molecular weight excluding hydrogens is 335 g/mol. The minimum atomic E-state index is -0.259. The van der Waals surface area contributed by atoms with E-state index in [4.69, 9.17) is 0 Å². The number of pyridine rings is 1. The van der Waals surface area contributed by atoms with Gasteiger partial charge in [0, 0.05) is 23.6 Å². The van der Waals surface area contributed by atoms with Crippen molar-refractivity contribution in [2.75, 3.05) is 11.9 Å². The van der Waals surface area contributed by atoms with Crippen LogP contribution in [0.15, 0.2) is 34.9 Å². The Kier molecular flexibility index (Phi) is 3.88. The number of imidazole rings is 1. The number of halogens is 2. The highest BCUT2D eigenvalue weighted by atomic mass is 79.9. The van der Waals surface area contributed by atoms with E-state index in [0.29, 0.717) is 13.0 Å². The van der Waals surface area contributed by atoms with Gasteiger partial charge in [0.25, 0.3) is 0 Å². The SMILES string of the molecule is Cc1cc(NCCc2nc3ccc(F)cc3[nH]2)ncc1Br. The molecule has 0 saturated carbocycles. The monoisotopic (exact) mass is 348 g/mol. The van der Waals surface area contributed by atoms with Crippen molar-refractivity contribution in [3.8, 4) is 0 Å². The van der Waals surface area contributed by atoms with E-state index in [0.717, 1.165) is 32.7 Å². The van der Waals surface area contributed by atoms with Gasteiger partial charge in [0.15, 0.2) is 0 Å². The number of nitrogens with one attached hydrogen (secondary N) is 2. The van der Waals surface area contributed by atoms with Gasteiger partial charge in [-0.25, -0.2) is 14.4 Å². The van der Waals surface area contributed by atoms with Crippen molar-refractivity contribution in [1.82, 2.24) is 15.0 Å². The van der Waals surface area contributed by atoms with E-state index in [1.807, 2.05) is 13.0 Å². The first-order chi connectivity index (χ1) is 10.1. The summed E-state index contributed by atoms with van der Waals surface area (Å²) in [5.74, 6) is 1.40. The molecule has 0 aliphatic carbocycles. The molecule has 0 fully saturated rings. The van der Waals surface area contributed by atoms with Gasteiger partial charge >= 0.3 is 0 Å². The summed E-state index contributed by atoms with van der Waals surface area (Å²) in [6.07, 6.45) is 2.49. The Morgan fingerprint density at radius 3 is 3.00 bits per heavy atom. The van der Waals surface area contributed by atoms with E-state index in [-0.39, 0.29) is 5.82 Å². The number of aryl methyl sites for hydroxylation is 1. The molecule has 1 aromatic carbocycles. The molecule has 3 aromatic rings. The minimum Gasteiger partial charge on any atom is -0.370 e. The maximum absolute atomic E-state index is 13.1. The molecule has 108 valence electrons. The number of benzene rings is 1. The van der Waals surface area contributed by atoms with Gasteiger partial charge in [-0.15, -0.1) is 0 Å². The fourth-order valence-corrected chi connectivity index (χ4v) is 2.31. The van der Waals surface area contributed by atoms with Crippen LogP contribution in [-0.2, 0) is 6.42 Å². The number of hydrogen-bond donors (Lipinski definition) is 2. The van der Waals surface area contributed by atoms with Crippen molar-refractivity contribution in [2.45, 2.75) is 13.3 Å². The Morgan fingerprint density at radius 2 is 2.19 bits per heavy atom. The lowest BCUT2D eigenvalue weighted by Crippen LogP contribution is -2.07. The lowest BCUT2D eigenvalue weighted by Gasteiger charge is -2.05. The predicted molar refractivity (Wildman–Crippen MR) is 84.9 cm³/mol. The van der Waals surface area contributed by atoms with Gasteiger partial charge in [0.1, 0.15) is 17.5 Å². The Morgan fingerprint density at radius 1 is 1.33 bits per heavy atom. The summed E-state index contributed by atoms with van der Waals surface area (Å²) in [6, 6.07) is 6.54. The number of hydrogen-bond acceptors (Lipinski definition) is 3. The number of nitrogens with zero attached hydrogens (tertiary/aromatic N) is 2. The average molecular weight is 349 g/mol. The van der Waals surface area contributed by atoms with Crippen LogP contribution in [0, 0.1) is 12.7 Å². The van der Waals surface area contributed by atoms with Crippen LogP contribution in [0.5, 0.6) is 0 Å². The number of H-pyrrole nitrogens is 1. The van der Waals surface area contributed by atoms with E-state index in [9.17, 15) is 4.39 Å². The summed E-state index contributed by atoms with van der Waals surface area (Å²) in [4.78, 5) is 11.8. The highest BCUT2D eigenvalue weighted by molar-refractivity contribution is 9.10. The van der Waals surface area contributed by atoms with E-state index >= 15 is 0 Å². The van der Waals surface area contributed by atoms with Gasteiger partial charge in [-0.3, -0.25) is 0 Å². The molecule has 3 rings (SSSR count). The molecule has 0 bridgehead atoms. The molecule has 6 heteroatoms. The van der Waals surface area contributed by atoms with Crippen LogP contribution < -0.4 is 5.32 Å². The quantitative estimate of drug-likeness (QED) is 0.753. The zero-order valence-electron chi connectivity index (χ0n) is 11.5. The van der Waals surface area contributed by atoms with Crippen molar-refractivity contribution >= 4 is 32.8 Å². The van der Waals surface area contributed by atoms with Crippen LogP contribution >= 0.6 is 15.9 Å². The summed E-state index contributed by atoms with van der Waals surface area (Å²) in [5, 5.41) is 3.25. The normalized spacial score (nSPS) is 11.0. The molecule has 0 aliphatic heterocycles. The summed E-state index contributed by atoms with van der Waals surface area (Å²) in [5.41, 5.74) is 2.64. The predicted octanol–water partition coefficient (Wildman–Crippen LogP) is 3.82. The second-order valence-corrected chi connectivity index (χ2v) is 5.69. The molecule has 0 spiro atoms. The molecule has 0 saturated heterocycles. The molecule has 4 nitrogen and oxygen atoms in total. The number of aromatic amines is 1. The highest BCUT2D eigenvalue weighted by Gasteiger charge is 2.04. The third-order valence-electron chi connectivity index (χ3n) is 3.21. The molecule has 0 aliphatic rings. The Hall–Kier alpha value is -1.95. The standard InChI is InChI=1S/C15H14BrFN4/c1-9-6-15(19-8-11(9)16)18-5-4-14-20-12-3-2-10(17)7-13(12)21-14/h2-3,6-8H,4-5H2,1H3,(H,18,19)(H,20,21). The van der Waals surface area contributed by atoms with Crippen LogP contribution in [0.4, 0.5) is 10.2 Å². The number of anilines is 1. The maximum Gasteiger partial charge on any atom is 0.126 e. The van der Waals surface area contributed by atoms with Crippen LogP contribution in [0.1, 0.15) is 11.4 Å². The molecule has 2 aromatic heterocycles. The number of fused-ring (bicyclic) bond motifs is 1. The first-order valence-corrected chi connectivity index (χ1v) is 7.41. The summed E-state index contributed by atoms with van der Waals surface area (Å²) in [6.45, 7) is 2.72. The highest BCUT2D eigenvalue weighted by Crippen LogP contribution is 2.17. The lowest BCUT2D eigenvalue weighted by molar-refractivity contribution is 0.629. The maximum atomic E-state index is 13.1. The second-order valence-electron chi connectivity index (χ2n) is 4.84. The van der Waals surface area contributed by atoms with Crippen molar-refractivity contribution in [2.24, 2.45) is 0 Å². The van der Waals surface area contributed by atoms with Gasteiger partial charge in [0.05, 0.1) is 11.0 Å². The van der Waals surface area contributed by atoms with E-state index in [2.05, 4.69) is 36.2 Å². The van der Waals surface area contributed by atoms with Crippen LogP contribution in [0.3, 0.4) is 0 Å².